The molecule has 17 heavy (non-hydrogen) atoms. The number of amides is 2. The summed E-state index contributed by atoms with van der Waals surface area (Å²) in [5.41, 5.74) is -0.340. The normalized spacial score (nSPS) is 24.1. The number of carboxylic acid groups (broad SMARTS) is 1. The van der Waals surface area contributed by atoms with Crippen molar-refractivity contribution in [3.05, 3.63) is 0 Å². The van der Waals surface area contributed by atoms with Gasteiger partial charge in [0.05, 0.1) is 18.6 Å². The molecule has 0 radical (unpaired) electrons. The fourth-order valence-electron chi connectivity index (χ4n) is 1.75. The Morgan fingerprint density at radius 1 is 1.53 bits per heavy atom. The molecule has 1 heterocycles. The Hall–Kier alpha value is -1.30. The molecule has 0 aromatic carbocycles. The number of hydrogen-bond acceptors (Lipinski definition) is 3. The highest BCUT2D eigenvalue weighted by atomic mass is 16.5. The van der Waals surface area contributed by atoms with Crippen molar-refractivity contribution < 1.29 is 19.4 Å². The van der Waals surface area contributed by atoms with E-state index in [1.165, 1.54) is 4.90 Å². The van der Waals surface area contributed by atoms with Gasteiger partial charge in [-0.3, -0.25) is 4.79 Å². The maximum Gasteiger partial charge on any atom is 0.317 e. The maximum atomic E-state index is 11.8. The monoisotopic (exact) mass is 244 g/mol. The van der Waals surface area contributed by atoms with Crippen molar-refractivity contribution in [2.45, 2.75) is 31.7 Å². The lowest BCUT2D eigenvalue weighted by Crippen LogP contribution is -2.55. The van der Waals surface area contributed by atoms with Crippen molar-refractivity contribution in [3.63, 3.8) is 0 Å². The van der Waals surface area contributed by atoms with Crippen LogP contribution >= 0.6 is 0 Å². The van der Waals surface area contributed by atoms with Gasteiger partial charge in [0.25, 0.3) is 0 Å². The molecule has 1 fully saturated rings. The molecule has 0 aromatic rings. The summed E-state index contributed by atoms with van der Waals surface area (Å²) in [5, 5.41) is 11.4. The third-order valence-electron chi connectivity index (χ3n) is 2.85. The predicted molar refractivity (Wildman–Crippen MR) is 61.9 cm³/mol. The van der Waals surface area contributed by atoms with Crippen molar-refractivity contribution in [1.29, 1.82) is 0 Å². The SMILES string of the molecule is CN(CCC(=O)O)C(=O)NC1(C)CCCOC1. The Labute approximate surface area is 101 Å². The molecular formula is C11H20N2O4. The van der Waals surface area contributed by atoms with Crippen LogP contribution in [0.1, 0.15) is 26.2 Å². The molecule has 1 atom stereocenters. The standard InChI is InChI=1S/C11H20N2O4/c1-11(5-3-7-17-8-11)12-10(16)13(2)6-4-9(14)15/h3-8H2,1-2H3,(H,12,16)(H,14,15). The molecule has 0 saturated carbocycles. The molecule has 2 N–H and O–H groups in total. The summed E-state index contributed by atoms with van der Waals surface area (Å²) in [6.07, 6.45) is 1.76. The van der Waals surface area contributed by atoms with Crippen LogP contribution in [0.3, 0.4) is 0 Å². The van der Waals surface area contributed by atoms with Gasteiger partial charge >= 0.3 is 12.0 Å². The van der Waals surface area contributed by atoms with Crippen LogP contribution in [0.4, 0.5) is 4.79 Å². The lowest BCUT2D eigenvalue weighted by molar-refractivity contribution is -0.137. The zero-order chi connectivity index (χ0) is 12.9. The van der Waals surface area contributed by atoms with E-state index < -0.39 is 5.97 Å². The summed E-state index contributed by atoms with van der Waals surface area (Å²) in [5.74, 6) is -0.906. The second kappa shape index (κ2) is 5.86. The second-order valence-corrected chi connectivity index (χ2v) is 4.71. The lowest BCUT2D eigenvalue weighted by Gasteiger charge is -2.35. The van der Waals surface area contributed by atoms with Crippen LogP contribution in [0, 0.1) is 0 Å². The van der Waals surface area contributed by atoms with Crippen LogP contribution in [0.5, 0.6) is 0 Å². The van der Waals surface area contributed by atoms with Gasteiger partial charge < -0.3 is 20.1 Å². The summed E-state index contributed by atoms with van der Waals surface area (Å²) >= 11 is 0. The number of rotatable bonds is 4. The molecule has 1 aliphatic heterocycles. The van der Waals surface area contributed by atoms with E-state index in [1.807, 2.05) is 6.92 Å². The Balaban J connectivity index is 2.39. The molecule has 2 amide bonds. The van der Waals surface area contributed by atoms with E-state index in [-0.39, 0.29) is 24.5 Å². The zero-order valence-electron chi connectivity index (χ0n) is 10.4. The molecule has 1 unspecified atom stereocenters. The summed E-state index contributed by atoms with van der Waals surface area (Å²) in [6.45, 7) is 3.39. The van der Waals surface area contributed by atoms with Gasteiger partial charge in [0.2, 0.25) is 0 Å². The van der Waals surface area contributed by atoms with Crippen LogP contribution in [-0.4, -0.2) is 54.4 Å². The first-order valence-electron chi connectivity index (χ1n) is 5.76. The van der Waals surface area contributed by atoms with Crippen LogP contribution < -0.4 is 5.32 Å². The molecule has 1 saturated heterocycles. The largest absolute Gasteiger partial charge is 0.481 e. The van der Waals surface area contributed by atoms with E-state index in [1.54, 1.807) is 7.05 Å². The van der Waals surface area contributed by atoms with Crippen molar-refractivity contribution in [2.24, 2.45) is 0 Å². The van der Waals surface area contributed by atoms with Crippen LogP contribution in [-0.2, 0) is 9.53 Å². The number of urea groups is 1. The average Bonchev–Trinajstić information content (AvgIpc) is 2.26. The van der Waals surface area contributed by atoms with E-state index in [9.17, 15) is 9.59 Å². The third-order valence-corrected chi connectivity index (χ3v) is 2.85. The van der Waals surface area contributed by atoms with Crippen molar-refractivity contribution in [3.8, 4) is 0 Å². The quantitative estimate of drug-likeness (QED) is 0.762. The first-order valence-corrected chi connectivity index (χ1v) is 5.76. The fraction of sp³-hybridized carbons (Fsp3) is 0.818. The highest BCUT2D eigenvalue weighted by molar-refractivity contribution is 5.75. The minimum absolute atomic E-state index is 0.0445. The second-order valence-electron chi connectivity index (χ2n) is 4.71. The van der Waals surface area contributed by atoms with Gasteiger partial charge in [0.15, 0.2) is 0 Å². The van der Waals surface area contributed by atoms with Gasteiger partial charge in [-0.2, -0.15) is 0 Å². The van der Waals surface area contributed by atoms with Crippen molar-refractivity contribution in [1.82, 2.24) is 10.2 Å². The smallest absolute Gasteiger partial charge is 0.317 e. The number of nitrogens with zero attached hydrogens (tertiary/aromatic N) is 1. The van der Waals surface area contributed by atoms with Crippen molar-refractivity contribution >= 4 is 12.0 Å². The maximum absolute atomic E-state index is 11.8. The summed E-state index contributed by atoms with van der Waals surface area (Å²) in [4.78, 5) is 23.6. The number of hydrogen-bond donors (Lipinski definition) is 2. The number of carboxylic acids is 1. The Morgan fingerprint density at radius 3 is 2.76 bits per heavy atom. The lowest BCUT2D eigenvalue weighted by atomic mass is 9.95. The van der Waals surface area contributed by atoms with Gasteiger partial charge in [-0.25, -0.2) is 4.79 Å². The molecule has 0 aromatic heterocycles. The fourth-order valence-corrected chi connectivity index (χ4v) is 1.75. The number of nitrogens with one attached hydrogen (secondary N) is 1. The highest BCUT2D eigenvalue weighted by Gasteiger charge is 2.30. The molecule has 0 spiro atoms. The predicted octanol–water partition coefficient (Wildman–Crippen LogP) is 0.672. The van der Waals surface area contributed by atoms with Gasteiger partial charge in [0.1, 0.15) is 0 Å². The molecular weight excluding hydrogens is 224 g/mol. The molecule has 6 heteroatoms. The molecule has 0 bridgehead atoms. The number of ether oxygens (including phenoxy) is 1. The topological polar surface area (TPSA) is 78.9 Å². The first-order chi connectivity index (χ1) is 7.93. The van der Waals surface area contributed by atoms with Crippen LogP contribution in [0.2, 0.25) is 0 Å². The van der Waals surface area contributed by atoms with E-state index in [0.717, 1.165) is 19.4 Å². The van der Waals surface area contributed by atoms with Crippen molar-refractivity contribution in [2.75, 3.05) is 26.8 Å². The summed E-state index contributed by atoms with van der Waals surface area (Å²) in [7, 11) is 1.59. The molecule has 1 aliphatic rings. The van der Waals surface area contributed by atoms with E-state index in [2.05, 4.69) is 5.32 Å². The first kappa shape index (κ1) is 13.8. The minimum Gasteiger partial charge on any atom is -0.481 e. The van der Waals surface area contributed by atoms with E-state index in [4.69, 9.17) is 9.84 Å². The Kier molecular flexibility index (Phi) is 4.74. The molecule has 98 valence electrons. The highest BCUT2D eigenvalue weighted by Crippen LogP contribution is 2.18. The summed E-state index contributed by atoms with van der Waals surface area (Å²) in [6, 6.07) is -0.251. The van der Waals surface area contributed by atoms with Gasteiger partial charge in [-0.15, -0.1) is 0 Å². The van der Waals surface area contributed by atoms with Crippen LogP contribution in [0.15, 0.2) is 0 Å². The minimum atomic E-state index is -0.906. The van der Waals surface area contributed by atoms with Gasteiger partial charge in [-0.1, -0.05) is 0 Å². The number of carbonyl (C=O) groups excluding carboxylic acids is 1. The third kappa shape index (κ3) is 4.60. The summed E-state index contributed by atoms with van der Waals surface area (Å²) < 4.78 is 5.34. The number of aliphatic carboxylic acids is 1. The van der Waals surface area contributed by atoms with E-state index in [0.29, 0.717) is 6.61 Å². The van der Waals surface area contributed by atoms with Gasteiger partial charge in [-0.05, 0) is 19.8 Å². The number of carbonyl (C=O) groups is 2. The molecule has 1 rings (SSSR count). The Bertz CT molecular complexity index is 287. The molecule has 0 aliphatic carbocycles. The van der Waals surface area contributed by atoms with Gasteiger partial charge in [0, 0.05) is 20.2 Å². The zero-order valence-corrected chi connectivity index (χ0v) is 10.4. The Morgan fingerprint density at radius 2 is 2.24 bits per heavy atom. The van der Waals surface area contributed by atoms with E-state index >= 15 is 0 Å². The molecule has 6 nitrogen and oxygen atoms in total. The average molecular weight is 244 g/mol. The van der Waals surface area contributed by atoms with Crippen LogP contribution in [0.25, 0.3) is 0 Å².